The Morgan fingerprint density at radius 3 is 2.61 bits per heavy atom. The number of aryl methyl sites for hydroxylation is 1. The molecule has 0 spiro atoms. The second kappa shape index (κ2) is 11.4. The number of hydrogen-bond acceptors (Lipinski definition) is 9. The molecule has 1 saturated heterocycles. The number of nitrogens with one attached hydrogen (secondary N) is 2. The highest BCUT2D eigenvalue weighted by Crippen LogP contribution is 2.42. The minimum absolute atomic E-state index is 0.0356. The Morgan fingerprint density at radius 2 is 1.91 bits per heavy atom. The number of hydrogen-bond donors (Lipinski definition) is 3. The van der Waals surface area contributed by atoms with Gasteiger partial charge >= 0.3 is 6.09 Å². The maximum absolute atomic E-state index is 13.5. The third-order valence-corrected chi connectivity index (χ3v) is 11.0. The van der Waals surface area contributed by atoms with E-state index in [2.05, 4.69) is 20.0 Å². The SMILES string of the molecule is CNS(=O)(=O)c1cc(-c2sc(Nc3cccc(N4CCN(C(=O)O)CCC4=O)n3)nc2C)cc2c1C(=O)N([C@@H](C)C1CC1)C2. The third kappa shape index (κ3) is 5.62. The van der Waals surface area contributed by atoms with Crippen molar-refractivity contribution >= 4 is 56.0 Å². The summed E-state index contributed by atoms with van der Waals surface area (Å²) >= 11 is 1.32. The van der Waals surface area contributed by atoms with Gasteiger partial charge < -0.3 is 20.2 Å². The molecular weight excluding hydrogens is 606 g/mol. The summed E-state index contributed by atoms with van der Waals surface area (Å²) in [5.74, 6) is 0.818. The molecule has 3 amide bonds. The number of carbonyl (C=O) groups is 3. The summed E-state index contributed by atoms with van der Waals surface area (Å²) in [6.07, 6.45) is 1.14. The molecule has 13 nitrogen and oxygen atoms in total. The van der Waals surface area contributed by atoms with Crippen molar-refractivity contribution in [3.63, 3.8) is 0 Å². The second-order valence-electron chi connectivity index (χ2n) is 11.2. The summed E-state index contributed by atoms with van der Waals surface area (Å²) in [4.78, 5) is 52.0. The van der Waals surface area contributed by atoms with E-state index in [1.54, 1.807) is 29.2 Å². The fraction of sp³-hybridized carbons (Fsp3) is 0.414. The normalized spacial score (nSPS) is 17.9. The number of benzene rings is 1. The molecule has 232 valence electrons. The fourth-order valence-corrected chi connectivity index (χ4v) is 7.73. The largest absolute Gasteiger partial charge is 0.465 e. The molecule has 4 heterocycles. The van der Waals surface area contributed by atoms with E-state index in [-0.39, 0.29) is 54.4 Å². The van der Waals surface area contributed by atoms with Crippen LogP contribution in [0.2, 0.25) is 0 Å². The lowest BCUT2D eigenvalue weighted by Gasteiger charge is -2.24. The van der Waals surface area contributed by atoms with Gasteiger partial charge in [-0.3, -0.25) is 14.5 Å². The van der Waals surface area contributed by atoms with Crippen molar-refractivity contribution in [2.45, 2.75) is 50.6 Å². The maximum atomic E-state index is 13.5. The van der Waals surface area contributed by atoms with Gasteiger partial charge in [-0.05, 0) is 75.0 Å². The zero-order valence-corrected chi connectivity index (χ0v) is 26.2. The monoisotopic (exact) mass is 639 g/mol. The number of rotatable bonds is 8. The number of fused-ring (bicyclic) bond motifs is 1. The first-order valence-corrected chi connectivity index (χ1v) is 16.7. The lowest BCUT2D eigenvalue weighted by atomic mass is 10.0. The van der Waals surface area contributed by atoms with Crippen LogP contribution in [0.3, 0.4) is 0 Å². The van der Waals surface area contributed by atoms with Crippen LogP contribution in [-0.2, 0) is 21.4 Å². The van der Waals surface area contributed by atoms with Gasteiger partial charge in [-0.15, -0.1) is 0 Å². The zero-order chi connectivity index (χ0) is 31.3. The number of carboxylic acid groups (broad SMARTS) is 1. The van der Waals surface area contributed by atoms with Crippen molar-refractivity contribution in [2.75, 3.05) is 36.9 Å². The molecule has 3 N–H and O–H groups in total. The van der Waals surface area contributed by atoms with E-state index < -0.39 is 16.1 Å². The van der Waals surface area contributed by atoms with Crippen LogP contribution in [0, 0.1) is 12.8 Å². The molecule has 6 rings (SSSR count). The number of aromatic nitrogens is 2. The molecule has 1 atom stereocenters. The van der Waals surface area contributed by atoms with E-state index in [0.717, 1.165) is 17.7 Å². The smallest absolute Gasteiger partial charge is 0.407 e. The molecule has 44 heavy (non-hydrogen) atoms. The van der Waals surface area contributed by atoms with Crippen LogP contribution in [-0.4, -0.2) is 83.9 Å². The molecular formula is C29H33N7O6S2. The Kier molecular flexibility index (Phi) is 7.80. The maximum Gasteiger partial charge on any atom is 0.407 e. The van der Waals surface area contributed by atoms with Crippen molar-refractivity contribution in [2.24, 2.45) is 5.92 Å². The Labute approximate surface area is 259 Å². The third-order valence-electron chi connectivity index (χ3n) is 8.42. The number of anilines is 3. The van der Waals surface area contributed by atoms with Crippen LogP contribution in [0.15, 0.2) is 35.2 Å². The first-order valence-electron chi connectivity index (χ1n) is 14.4. The molecule has 3 aromatic rings. The van der Waals surface area contributed by atoms with E-state index in [9.17, 15) is 27.9 Å². The van der Waals surface area contributed by atoms with Gasteiger partial charge in [-0.2, -0.15) is 0 Å². The van der Waals surface area contributed by atoms with Crippen LogP contribution >= 0.6 is 11.3 Å². The van der Waals surface area contributed by atoms with Crippen molar-refractivity contribution in [3.8, 4) is 10.4 Å². The van der Waals surface area contributed by atoms with E-state index >= 15 is 0 Å². The Balaban J connectivity index is 1.29. The van der Waals surface area contributed by atoms with Crippen molar-refractivity contribution < 1.29 is 27.9 Å². The highest BCUT2D eigenvalue weighted by atomic mass is 32.2. The molecule has 1 saturated carbocycles. The summed E-state index contributed by atoms with van der Waals surface area (Å²) in [5, 5.41) is 13.0. The van der Waals surface area contributed by atoms with Crippen LogP contribution in [0.5, 0.6) is 0 Å². The summed E-state index contributed by atoms with van der Waals surface area (Å²) in [5.41, 5.74) is 2.22. The van der Waals surface area contributed by atoms with Crippen molar-refractivity contribution in [3.05, 3.63) is 47.2 Å². The predicted molar refractivity (Wildman–Crippen MR) is 165 cm³/mol. The Hall–Kier alpha value is -4.08. The van der Waals surface area contributed by atoms with Gasteiger partial charge in [0.1, 0.15) is 11.6 Å². The van der Waals surface area contributed by atoms with Gasteiger partial charge in [0.15, 0.2) is 5.13 Å². The van der Waals surface area contributed by atoms with Gasteiger partial charge in [-0.25, -0.2) is 27.9 Å². The van der Waals surface area contributed by atoms with Gasteiger partial charge in [-0.1, -0.05) is 17.4 Å². The molecule has 2 aliphatic heterocycles. The molecule has 3 aliphatic rings. The molecule has 1 aromatic carbocycles. The summed E-state index contributed by atoms with van der Waals surface area (Å²) in [6, 6.07) is 8.65. The van der Waals surface area contributed by atoms with Crippen molar-refractivity contribution in [1.82, 2.24) is 24.5 Å². The molecule has 15 heteroatoms. The van der Waals surface area contributed by atoms with E-state index in [4.69, 9.17) is 0 Å². The zero-order valence-electron chi connectivity index (χ0n) is 24.5. The Morgan fingerprint density at radius 1 is 1.14 bits per heavy atom. The number of sulfonamides is 1. The number of nitrogens with zero attached hydrogens (tertiary/aromatic N) is 5. The predicted octanol–water partition coefficient (Wildman–Crippen LogP) is 3.64. The average Bonchev–Trinajstić information content (AvgIpc) is 3.74. The lowest BCUT2D eigenvalue weighted by Crippen LogP contribution is -2.35. The lowest BCUT2D eigenvalue weighted by molar-refractivity contribution is -0.118. The molecule has 2 fully saturated rings. The van der Waals surface area contributed by atoms with Crippen molar-refractivity contribution in [1.29, 1.82) is 0 Å². The second-order valence-corrected chi connectivity index (χ2v) is 14.1. The molecule has 2 aromatic heterocycles. The van der Waals surface area contributed by atoms with Crippen LogP contribution in [0.1, 0.15) is 47.8 Å². The van der Waals surface area contributed by atoms with Crippen LogP contribution in [0.4, 0.5) is 21.6 Å². The van der Waals surface area contributed by atoms with E-state index in [0.29, 0.717) is 46.1 Å². The summed E-state index contributed by atoms with van der Waals surface area (Å²) in [6.45, 7) is 4.72. The molecule has 0 radical (unpaired) electrons. The highest BCUT2D eigenvalue weighted by Gasteiger charge is 2.41. The minimum atomic E-state index is -3.93. The van der Waals surface area contributed by atoms with Gasteiger partial charge in [0.2, 0.25) is 15.9 Å². The molecule has 0 unspecified atom stereocenters. The van der Waals surface area contributed by atoms with Gasteiger partial charge in [0.05, 0.1) is 21.0 Å². The minimum Gasteiger partial charge on any atom is -0.465 e. The molecule has 0 bridgehead atoms. The first-order chi connectivity index (χ1) is 21.0. The fourth-order valence-electron chi connectivity index (χ4n) is 5.78. The first kappa shape index (κ1) is 30.0. The van der Waals surface area contributed by atoms with Crippen LogP contribution in [0.25, 0.3) is 10.4 Å². The van der Waals surface area contributed by atoms with E-state index in [1.165, 1.54) is 28.2 Å². The highest BCUT2D eigenvalue weighted by molar-refractivity contribution is 7.89. The molecule has 1 aliphatic carbocycles. The topological polar surface area (TPSA) is 165 Å². The quantitative estimate of drug-likeness (QED) is 0.334. The summed E-state index contributed by atoms with van der Waals surface area (Å²) < 4.78 is 28.6. The Bertz CT molecular complexity index is 1770. The summed E-state index contributed by atoms with van der Waals surface area (Å²) in [7, 11) is -2.60. The van der Waals surface area contributed by atoms with Crippen LogP contribution < -0.4 is 14.9 Å². The number of thiazole rings is 1. The van der Waals surface area contributed by atoms with Gasteiger partial charge in [0, 0.05) is 38.6 Å². The average molecular weight is 640 g/mol. The van der Waals surface area contributed by atoms with Gasteiger partial charge in [0.25, 0.3) is 5.91 Å². The number of amides is 3. The van der Waals surface area contributed by atoms with E-state index in [1.807, 2.05) is 19.9 Å². The number of carbonyl (C=O) groups excluding carboxylic acids is 2. The number of pyridine rings is 1. The standard InChI is InChI=1S/C29H33N7O6S2/c1-16-26(19-13-20-15-36(17(2)18-7-8-18)27(38)25(20)21(14-19)44(41,42)30-3)43-28(31-16)33-22-5-4-6-23(32-22)35-12-11-34(29(39)40)10-9-24(35)37/h4-6,13-14,17-18,30H,7-12,15H2,1-3H3,(H,39,40)(H,31,32,33)/t17-/m0/s1.